The molecule has 0 aliphatic heterocycles. The molecule has 0 saturated heterocycles. The zero-order valence-corrected chi connectivity index (χ0v) is 20.9. The molecule has 0 bridgehead atoms. The number of rotatable bonds is 5. The lowest BCUT2D eigenvalue weighted by Gasteiger charge is -2.19. The van der Waals surface area contributed by atoms with Crippen LogP contribution in [0.25, 0.3) is 10.8 Å². The van der Waals surface area contributed by atoms with E-state index >= 15 is 0 Å². The van der Waals surface area contributed by atoms with Gasteiger partial charge in [-0.2, -0.15) is 0 Å². The van der Waals surface area contributed by atoms with Crippen molar-refractivity contribution in [2.24, 2.45) is 5.92 Å². The smallest absolute Gasteiger partial charge is 0.270 e. The van der Waals surface area contributed by atoms with Gasteiger partial charge in [0.05, 0.1) is 21.1 Å². The minimum Gasteiger partial charge on any atom is -0.321 e. The molecule has 0 unspecified atom stereocenters. The maximum Gasteiger partial charge on any atom is 0.270 e. The number of non-ortho nitro benzene ring substituents is 1. The topological polar surface area (TPSA) is 101 Å². The first-order chi connectivity index (χ1) is 17.3. The Hall–Kier alpha value is -3.75. The van der Waals surface area contributed by atoms with Crippen molar-refractivity contribution in [1.82, 2.24) is 0 Å². The van der Waals surface area contributed by atoms with Gasteiger partial charge in [-0.25, -0.2) is 0 Å². The number of nitrogens with one attached hydrogen (secondary N) is 2. The Morgan fingerprint density at radius 1 is 1.06 bits per heavy atom. The van der Waals surface area contributed by atoms with E-state index in [9.17, 15) is 19.7 Å². The number of hydrogen-bond donors (Lipinski definition) is 2. The Morgan fingerprint density at radius 3 is 2.64 bits per heavy atom. The molecule has 182 valence electrons. The molecule has 0 spiro atoms. The van der Waals surface area contributed by atoms with Crippen molar-refractivity contribution < 1.29 is 14.5 Å². The first-order valence-corrected chi connectivity index (χ1v) is 12.7. The average Bonchev–Trinajstić information content (AvgIpc) is 3.21. The third-order valence-electron chi connectivity index (χ3n) is 6.41. The molecule has 2 amide bonds. The molecule has 5 rings (SSSR count). The Balaban J connectivity index is 1.52. The summed E-state index contributed by atoms with van der Waals surface area (Å²) in [6, 6.07) is 17.2. The molecule has 1 heterocycles. The molecule has 0 saturated carbocycles. The number of anilines is 2. The van der Waals surface area contributed by atoms with Crippen molar-refractivity contribution in [2.75, 3.05) is 10.6 Å². The van der Waals surface area contributed by atoms with Gasteiger partial charge in [-0.1, -0.05) is 54.9 Å². The zero-order chi connectivity index (χ0) is 25.4. The van der Waals surface area contributed by atoms with Crippen LogP contribution in [0.15, 0.2) is 60.7 Å². The Bertz CT molecular complexity index is 1530. The van der Waals surface area contributed by atoms with Gasteiger partial charge in [-0.05, 0) is 48.3 Å². The summed E-state index contributed by atoms with van der Waals surface area (Å²) in [7, 11) is 0. The molecule has 9 heteroatoms. The second kappa shape index (κ2) is 9.72. The number of benzene rings is 3. The summed E-state index contributed by atoms with van der Waals surface area (Å²) < 4.78 is 0. The molecular formula is C27H22ClN3O4S. The van der Waals surface area contributed by atoms with Gasteiger partial charge in [0.15, 0.2) is 0 Å². The van der Waals surface area contributed by atoms with E-state index < -0.39 is 10.8 Å². The van der Waals surface area contributed by atoms with Crippen molar-refractivity contribution >= 4 is 61.9 Å². The van der Waals surface area contributed by atoms with E-state index in [4.69, 9.17) is 11.6 Å². The van der Waals surface area contributed by atoms with Gasteiger partial charge in [0.25, 0.3) is 17.5 Å². The van der Waals surface area contributed by atoms with E-state index in [1.807, 2.05) is 42.5 Å². The highest BCUT2D eigenvalue weighted by atomic mass is 35.5. The number of nitro groups is 1. The van der Waals surface area contributed by atoms with Gasteiger partial charge in [-0.3, -0.25) is 19.7 Å². The van der Waals surface area contributed by atoms with Crippen molar-refractivity contribution in [1.29, 1.82) is 0 Å². The summed E-state index contributed by atoms with van der Waals surface area (Å²) in [6.07, 6.45) is 2.50. The van der Waals surface area contributed by atoms with Crippen LogP contribution in [0.2, 0.25) is 5.02 Å². The number of hydrogen-bond acceptors (Lipinski definition) is 5. The average molecular weight is 520 g/mol. The molecule has 4 aromatic rings. The predicted molar refractivity (Wildman–Crippen MR) is 143 cm³/mol. The second-order valence-electron chi connectivity index (χ2n) is 8.91. The van der Waals surface area contributed by atoms with E-state index in [0.717, 1.165) is 46.5 Å². The number of thiophene rings is 1. The minimum atomic E-state index is -0.602. The lowest BCUT2D eigenvalue weighted by atomic mass is 9.88. The molecule has 7 nitrogen and oxygen atoms in total. The van der Waals surface area contributed by atoms with E-state index in [2.05, 4.69) is 17.6 Å². The molecule has 1 atom stereocenters. The number of carbonyl (C=O) groups is 2. The monoisotopic (exact) mass is 519 g/mol. The fraction of sp³-hybridized carbons (Fsp3) is 0.185. The molecule has 0 radical (unpaired) electrons. The van der Waals surface area contributed by atoms with E-state index in [-0.39, 0.29) is 22.2 Å². The quantitative estimate of drug-likeness (QED) is 0.217. The summed E-state index contributed by atoms with van der Waals surface area (Å²) in [4.78, 5) is 38.5. The lowest BCUT2D eigenvalue weighted by molar-refractivity contribution is -0.384. The normalized spacial score (nSPS) is 14.8. The molecule has 3 aromatic carbocycles. The summed E-state index contributed by atoms with van der Waals surface area (Å²) in [5.41, 5.74) is 1.80. The van der Waals surface area contributed by atoms with Crippen LogP contribution in [-0.4, -0.2) is 16.7 Å². The number of nitrogens with zero attached hydrogens (tertiary/aromatic N) is 1. The fourth-order valence-corrected chi connectivity index (χ4v) is 6.18. The van der Waals surface area contributed by atoms with E-state index in [1.165, 1.54) is 23.5 Å². The lowest BCUT2D eigenvalue weighted by Crippen LogP contribution is -2.19. The predicted octanol–water partition coefficient (Wildman–Crippen LogP) is 7.09. The largest absolute Gasteiger partial charge is 0.321 e. The van der Waals surface area contributed by atoms with E-state index in [0.29, 0.717) is 22.2 Å². The Kier molecular flexibility index (Phi) is 6.47. The number of amides is 2. The van der Waals surface area contributed by atoms with Crippen molar-refractivity contribution in [2.45, 2.75) is 26.2 Å². The molecule has 1 aliphatic rings. The van der Waals surface area contributed by atoms with Crippen LogP contribution in [0, 0.1) is 16.0 Å². The summed E-state index contributed by atoms with van der Waals surface area (Å²) in [5.74, 6) is -0.437. The third kappa shape index (κ3) is 4.57. The van der Waals surface area contributed by atoms with Gasteiger partial charge < -0.3 is 10.6 Å². The maximum absolute atomic E-state index is 13.7. The zero-order valence-electron chi connectivity index (χ0n) is 19.3. The van der Waals surface area contributed by atoms with Crippen molar-refractivity contribution in [3.8, 4) is 0 Å². The SMILES string of the molecule is C[C@H]1CCc2c(sc(NC(=O)c3cc([N+](=O)[O-])ccc3Cl)c2C(=O)Nc2cccc3ccccc23)C1. The second-order valence-corrected chi connectivity index (χ2v) is 10.4. The number of carbonyl (C=O) groups excluding carboxylic acids is 2. The number of halogens is 1. The number of nitro benzene ring substituents is 1. The minimum absolute atomic E-state index is 0.0222. The van der Waals surface area contributed by atoms with Crippen LogP contribution in [0.1, 0.15) is 44.5 Å². The molecule has 36 heavy (non-hydrogen) atoms. The molecule has 2 N–H and O–H groups in total. The van der Waals surface area contributed by atoms with Crippen LogP contribution in [0.5, 0.6) is 0 Å². The summed E-state index contributed by atoms with van der Waals surface area (Å²) >= 11 is 7.57. The van der Waals surface area contributed by atoms with Gasteiger partial charge >= 0.3 is 0 Å². The molecular weight excluding hydrogens is 498 g/mol. The van der Waals surface area contributed by atoms with Crippen LogP contribution in [-0.2, 0) is 12.8 Å². The van der Waals surface area contributed by atoms with Crippen LogP contribution in [0.4, 0.5) is 16.4 Å². The van der Waals surface area contributed by atoms with Crippen LogP contribution < -0.4 is 10.6 Å². The first-order valence-electron chi connectivity index (χ1n) is 11.5. The maximum atomic E-state index is 13.7. The summed E-state index contributed by atoms with van der Waals surface area (Å²) in [5, 5.41) is 19.5. The Labute approximate surface area is 216 Å². The Morgan fingerprint density at radius 2 is 1.83 bits per heavy atom. The van der Waals surface area contributed by atoms with Gasteiger partial charge in [-0.15, -0.1) is 11.3 Å². The van der Waals surface area contributed by atoms with E-state index in [1.54, 1.807) is 0 Å². The highest BCUT2D eigenvalue weighted by Crippen LogP contribution is 2.41. The van der Waals surface area contributed by atoms with Crippen LogP contribution in [0.3, 0.4) is 0 Å². The molecule has 1 aliphatic carbocycles. The fourth-order valence-electron chi connectivity index (χ4n) is 4.57. The molecule has 0 fully saturated rings. The highest BCUT2D eigenvalue weighted by molar-refractivity contribution is 7.17. The third-order valence-corrected chi connectivity index (χ3v) is 7.91. The standard InChI is InChI=1S/C27H22ClN3O4S/c1-15-9-11-19-23(13-15)36-27(30-25(32)20-14-17(31(34)35)10-12-21(20)28)24(19)26(33)29-22-8-4-6-16-5-2-3-7-18(16)22/h2-8,10,12,14-15H,9,11,13H2,1H3,(H,29,33)(H,30,32)/t15-/m0/s1. The van der Waals surface area contributed by atoms with Crippen molar-refractivity contribution in [3.63, 3.8) is 0 Å². The molecule has 1 aromatic heterocycles. The van der Waals surface area contributed by atoms with Gasteiger partial charge in [0, 0.05) is 28.1 Å². The summed E-state index contributed by atoms with van der Waals surface area (Å²) in [6.45, 7) is 2.17. The van der Waals surface area contributed by atoms with Crippen molar-refractivity contribution in [3.05, 3.63) is 97.4 Å². The van der Waals surface area contributed by atoms with Gasteiger partial charge in [0.1, 0.15) is 5.00 Å². The van der Waals surface area contributed by atoms with Crippen LogP contribution >= 0.6 is 22.9 Å². The number of fused-ring (bicyclic) bond motifs is 2. The highest BCUT2D eigenvalue weighted by Gasteiger charge is 2.29. The first kappa shape index (κ1) is 24.0. The van der Waals surface area contributed by atoms with Gasteiger partial charge in [0.2, 0.25) is 0 Å².